The number of halogens is 1. The molecule has 3 aromatic heterocycles. The largest absolute Gasteiger partial charge is 0.392 e. The van der Waals surface area contributed by atoms with Crippen LogP contribution in [-0.2, 0) is 27.4 Å². The molecule has 0 radical (unpaired) electrons. The summed E-state index contributed by atoms with van der Waals surface area (Å²) in [5, 5.41) is 18.6. The SMILES string of the molecule is CO[C@@]1(C(=O)Cc2ccc3[nH]nc(-c4ccc(F)c(CO)c4)c3c2)CCN(CC(=O)N2CC=C(c3ncc(-c4ncccn4)s3)CC2)C1. The molecule has 1 saturated heterocycles. The highest BCUT2D eigenvalue weighted by Gasteiger charge is 2.45. The Kier molecular flexibility index (Phi) is 8.92. The average Bonchev–Trinajstić information content (AvgIpc) is 3.88. The molecule has 2 aliphatic heterocycles. The second-order valence-electron chi connectivity index (χ2n) is 12.1. The lowest BCUT2D eigenvalue weighted by atomic mass is 9.91. The van der Waals surface area contributed by atoms with Gasteiger partial charge >= 0.3 is 0 Å². The minimum atomic E-state index is -1.01. The van der Waals surface area contributed by atoms with Crippen LogP contribution in [0.4, 0.5) is 4.39 Å². The summed E-state index contributed by atoms with van der Waals surface area (Å²) in [7, 11) is 1.55. The number of nitrogens with zero attached hydrogens (tertiary/aromatic N) is 6. The Balaban J connectivity index is 0.976. The summed E-state index contributed by atoms with van der Waals surface area (Å²) in [5.74, 6) is 0.138. The molecule has 11 nitrogen and oxygen atoms in total. The van der Waals surface area contributed by atoms with Crippen LogP contribution in [0.3, 0.4) is 0 Å². The van der Waals surface area contributed by atoms with Crippen LogP contribution in [0.5, 0.6) is 0 Å². The third-order valence-corrected chi connectivity index (χ3v) is 10.2. The Labute approximate surface area is 280 Å². The van der Waals surface area contributed by atoms with E-state index in [2.05, 4.69) is 31.2 Å². The second kappa shape index (κ2) is 13.4. The smallest absolute Gasteiger partial charge is 0.237 e. The highest BCUT2D eigenvalue weighted by atomic mass is 32.1. The number of thiazole rings is 1. The number of aromatic nitrogens is 5. The summed E-state index contributed by atoms with van der Waals surface area (Å²) in [5.41, 5.74) is 3.14. The van der Waals surface area contributed by atoms with E-state index in [1.54, 1.807) is 55.2 Å². The number of aromatic amines is 1. The van der Waals surface area contributed by atoms with Gasteiger partial charge < -0.3 is 14.7 Å². The Bertz CT molecular complexity index is 2010. The summed E-state index contributed by atoms with van der Waals surface area (Å²) in [6.45, 7) is 1.81. The number of hydrogen-bond donors (Lipinski definition) is 2. The molecule has 0 bridgehead atoms. The summed E-state index contributed by atoms with van der Waals surface area (Å²) >= 11 is 1.55. The van der Waals surface area contributed by atoms with E-state index in [-0.39, 0.29) is 30.2 Å². The van der Waals surface area contributed by atoms with Crippen LogP contribution in [0.2, 0.25) is 0 Å². The minimum absolute atomic E-state index is 0.0188. The van der Waals surface area contributed by atoms with Crippen molar-refractivity contribution in [2.24, 2.45) is 0 Å². The maximum atomic E-state index is 14.0. The molecule has 0 spiro atoms. The average molecular weight is 668 g/mol. The van der Waals surface area contributed by atoms with Gasteiger partial charge in [-0.25, -0.2) is 19.3 Å². The second-order valence-corrected chi connectivity index (χ2v) is 13.1. The van der Waals surface area contributed by atoms with Crippen molar-refractivity contribution in [1.29, 1.82) is 0 Å². The molecule has 0 aliphatic carbocycles. The van der Waals surface area contributed by atoms with E-state index in [4.69, 9.17) is 4.74 Å². The number of likely N-dealkylation sites (tertiary alicyclic amines) is 1. The zero-order chi connectivity index (χ0) is 33.3. The third-order valence-electron chi connectivity index (χ3n) is 9.18. The third kappa shape index (κ3) is 6.29. The van der Waals surface area contributed by atoms with E-state index in [1.807, 2.05) is 28.0 Å². The number of hydrogen-bond acceptors (Lipinski definition) is 10. The highest BCUT2D eigenvalue weighted by Crippen LogP contribution is 2.33. The van der Waals surface area contributed by atoms with E-state index < -0.39 is 18.0 Å². The van der Waals surface area contributed by atoms with Gasteiger partial charge in [-0.2, -0.15) is 5.10 Å². The van der Waals surface area contributed by atoms with Crippen molar-refractivity contribution < 1.29 is 23.8 Å². The van der Waals surface area contributed by atoms with Crippen LogP contribution in [0.1, 0.15) is 29.0 Å². The number of methoxy groups -OCH3 is 1. The van der Waals surface area contributed by atoms with Crippen LogP contribution < -0.4 is 0 Å². The van der Waals surface area contributed by atoms with Gasteiger partial charge in [-0.3, -0.25) is 19.6 Å². The number of carbonyl (C=O) groups excluding carboxylic acids is 2. The van der Waals surface area contributed by atoms with E-state index in [0.29, 0.717) is 56.1 Å². The molecule has 2 aromatic carbocycles. The standard InChI is InChI=1S/C35H34FN7O4S/c1-47-35(30(45)16-22-3-6-28-26(15-22)32(41-40-28)24-4-5-27(36)25(17-24)20-44)9-14-42(21-35)19-31(46)43-12-7-23(8-13-43)34-39-18-29(48-34)33-37-10-2-11-38-33/h2-7,10-11,15,17-18,44H,8-9,12-14,16,19-21H2,1H3,(H,40,41)/t35-/m0/s1. The Morgan fingerprint density at radius 1 is 1.12 bits per heavy atom. The van der Waals surface area contributed by atoms with Gasteiger partial charge in [0.25, 0.3) is 0 Å². The van der Waals surface area contributed by atoms with Gasteiger partial charge in [-0.05, 0) is 60.4 Å². The molecule has 2 aliphatic rings. The Morgan fingerprint density at radius 2 is 1.98 bits per heavy atom. The van der Waals surface area contributed by atoms with E-state index in [9.17, 15) is 19.1 Å². The molecule has 1 amide bonds. The molecular formula is C35H34FN7O4S. The summed E-state index contributed by atoms with van der Waals surface area (Å²) in [6, 6.07) is 11.9. The lowest BCUT2D eigenvalue weighted by molar-refractivity contribution is -0.140. The van der Waals surface area contributed by atoms with Crippen molar-refractivity contribution in [2.75, 3.05) is 39.8 Å². The van der Waals surface area contributed by atoms with Gasteiger partial charge in [0.2, 0.25) is 5.91 Å². The van der Waals surface area contributed by atoms with Gasteiger partial charge in [0.1, 0.15) is 16.4 Å². The number of Topliss-reactive ketones (excluding diaryl/α,β-unsaturated/α-hetero) is 1. The fourth-order valence-electron chi connectivity index (χ4n) is 6.42. The highest BCUT2D eigenvalue weighted by molar-refractivity contribution is 7.16. The van der Waals surface area contributed by atoms with Crippen molar-refractivity contribution >= 4 is 39.5 Å². The zero-order valence-corrected chi connectivity index (χ0v) is 27.2. The van der Waals surface area contributed by atoms with Crippen molar-refractivity contribution in [1.82, 2.24) is 34.9 Å². The van der Waals surface area contributed by atoms with Crippen molar-refractivity contribution in [2.45, 2.75) is 31.5 Å². The molecule has 0 unspecified atom stereocenters. The molecule has 1 fully saturated rings. The first kappa shape index (κ1) is 31.9. The molecular weight excluding hydrogens is 633 g/mol. The molecule has 246 valence electrons. The predicted molar refractivity (Wildman–Crippen MR) is 179 cm³/mol. The number of ether oxygens (including phenoxy) is 1. The summed E-state index contributed by atoms with van der Waals surface area (Å²) < 4.78 is 19.9. The van der Waals surface area contributed by atoms with Crippen LogP contribution >= 0.6 is 11.3 Å². The quantitative estimate of drug-likeness (QED) is 0.223. The van der Waals surface area contributed by atoms with Crippen molar-refractivity contribution in [3.8, 4) is 22.0 Å². The van der Waals surface area contributed by atoms with Crippen LogP contribution in [-0.4, -0.2) is 97.2 Å². The first-order valence-corrected chi connectivity index (χ1v) is 16.6. The number of aliphatic hydroxyl groups excluding tert-OH is 1. The number of nitrogens with one attached hydrogen (secondary N) is 1. The number of aliphatic hydroxyl groups is 1. The zero-order valence-electron chi connectivity index (χ0n) is 26.4. The fourth-order valence-corrected chi connectivity index (χ4v) is 7.35. The number of rotatable bonds is 10. The van der Waals surface area contributed by atoms with Gasteiger partial charge in [-0.1, -0.05) is 12.1 Å². The van der Waals surface area contributed by atoms with E-state index in [1.165, 1.54) is 6.07 Å². The number of carbonyl (C=O) groups is 2. The van der Waals surface area contributed by atoms with Crippen molar-refractivity contribution in [3.63, 3.8) is 0 Å². The molecule has 2 N–H and O–H groups in total. The summed E-state index contributed by atoms with van der Waals surface area (Å²) in [4.78, 5) is 45.0. The maximum absolute atomic E-state index is 14.0. The molecule has 1 atom stereocenters. The van der Waals surface area contributed by atoms with Gasteiger partial charge in [0.05, 0.1) is 29.2 Å². The van der Waals surface area contributed by atoms with Gasteiger partial charge in [-0.15, -0.1) is 11.3 Å². The lowest BCUT2D eigenvalue weighted by Gasteiger charge is -2.29. The normalized spacial score (nSPS) is 18.4. The number of H-pyrrole nitrogens is 1. The fraction of sp³-hybridized carbons (Fsp3) is 0.314. The number of fused-ring (bicyclic) bond motifs is 1. The van der Waals surface area contributed by atoms with Crippen molar-refractivity contribution in [3.05, 3.63) is 89.1 Å². The topological polar surface area (TPSA) is 137 Å². The lowest BCUT2D eigenvalue weighted by Crippen LogP contribution is -2.46. The van der Waals surface area contributed by atoms with Gasteiger partial charge in [0, 0.05) is 74.8 Å². The first-order chi connectivity index (χ1) is 23.4. The molecule has 48 heavy (non-hydrogen) atoms. The van der Waals surface area contributed by atoms with Crippen LogP contribution in [0.25, 0.3) is 38.4 Å². The Morgan fingerprint density at radius 3 is 2.75 bits per heavy atom. The number of ketones is 1. The number of benzene rings is 2. The summed E-state index contributed by atoms with van der Waals surface area (Å²) in [6.07, 6.45) is 8.63. The number of amides is 1. The predicted octanol–water partition coefficient (Wildman–Crippen LogP) is 4.29. The molecule has 5 heterocycles. The van der Waals surface area contributed by atoms with Crippen LogP contribution in [0.15, 0.2) is 67.1 Å². The maximum Gasteiger partial charge on any atom is 0.237 e. The molecule has 13 heteroatoms. The van der Waals surface area contributed by atoms with Crippen LogP contribution in [0, 0.1) is 5.82 Å². The Hall–Kier alpha value is -4.69. The molecule has 5 aromatic rings. The molecule has 7 rings (SSSR count). The van der Waals surface area contributed by atoms with E-state index >= 15 is 0 Å². The first-order valence-electron chi connectivity index (χ1n) is 15.7. The monoisotopic (exact) mass is 667 g/mol. The minimum Gasteiger partial charge on any atom is -0.392 e. The van der Waals surface area contributed by atoms with E-state index in [0.717, 1.165) is 31.9 Å². The molecule has 0 saturated carbocycles. The van der Waals surface area contributed by atoms with Gasteiger partial charge in [0.15, 0.2) is 11.6 Å².